The van der Waals surface area contributed by atoms with Crippen molar-refractivity contribution >= 4 is 23.0 Å². The SMILES string of the molecule is CC(C)N=P(c1ccccc1)(c1ccccc1)c1ccccc1. The first-order valence-corrected chi connectivity index (χ1v) is 9.76. The van der Waals surface area contributed by atoms with Crippen LogP contribution in [0, 0.1) is 0 Å². The fraction of sp³-hybridized carbons (Fsp3) is 0.143. The number of rotatable bonds is 4. The van der Waals surface area contributed by atoms with Crippen molar-refractivity contribution in [2.75, 3.05) is 0 Å². The molecule has 0 aliphatic carbocycles. The lowest BCUT2D eigenvalue weighted by Crippen LogP contribution is -2.26. The van der Waals surface area contributed by atoms with E-state index < -0.39 is 7.05 Å². The van der Waals surface area contributed by atoms with Gasteiger partial charge in [0.25, 0.3) is 0 Å². The van der Waals surface area contributed by atoms with E-state index >= 15 is 0 Å². The summed E-state index contributed by atoms with van der Waals surface area (Å²) in [6.45, 7) is 4.34. The van der Waals surface area contributed by atoms with Gasteiger partial charge in [-0.05, 0) is 13.8 Å². The van der Waals surface area contributed by atoms with Gasteiger partial charge in [-0.25, -0.2) is 0 Å². The molecule has 1 nitrogen and oxygen atoms in total. The summed E-state index contributed by atoms with van der Waals surface area (Å²) in [5, 5.41) is 3.93. The Morgan fingerprint density at radius 2 is 0.870 bits per heavy atom. The Hall–Kier alpha value is -2.11. The molecular formula is C21H22NP. The third-order valence-electron chi connectivity index (χ3n) is 3.79. The second kappa shape index (κ2) is 6.98. The first kappa shape index (κ1) is 15.8. The van der Waals surface area contributed by atoms with Crippen LogP contribution in [0.5, 0.6) is 0 Å². The van der Waals surface area contributed by atoms with Crippen LogP contribution in [0.25, 0.3) is 0 Å². The standard InChI is InChI=1S/C21H22NP/c1-18(2)22-23(19-12-6-3-7-13-19,20-14-8-4-9-15-20)21-16-10-5-11-17-21/h3-18H,1-2H3. The molecule has 0 radical (unpaired) electrons. The molecule has 0 aromatic heterocycles. The molecule has 0 fully saturated rings. The largest absolute Gasteiger partial charge is 0.287 e. The van der Waals surface area contributed by atoms with Gasteiger partial charge in [0.1, 0.15) is 0 Å². The lowest BCUT2D eigenvalue weighted by atomic mass is 10.4. The molecule has 116 valence electrons. The summed E-state index contributed by atoms with van der Waals surface area (Å²) >= 11 is 0. The minimum atomic E-state index is -1.98. The molecule has 0 bridgehead atoms. The van der Waals surface area contributed by atoms with Gasteiger partial charge >= 0.3 is 0 Å². The van der Waals surface area contributed by atoms with Gasteiger partial charge in [0.2, 0.25) is 0 Å². The van der Waals surface area contributed by atoms with E-state index in [1.54, 1.807) is 0 Å². The number of benzene rings is 3. The van der Waals surface area contributed by atoms with Crippen LogP contribution >= 0.6 is 7.05 Å². The molecule has 3 aromatic rings. The summed E-state index contributed by atoms with van der Waals surface area (Å²) in [7, 11) is -1.98. The molecule has 0 unspecified atom stereocenters. The van der Waals surface area contributed by atoms with E-state index in [0.717, 1.165) is 0 Å². The van der Waals surface area contributed by atoms with E-state index in [2.05, 4.69) is 105 Å². The van der Waals surface area contributed by atoms with Crippen LogP contribution in [0.2, 0.25) is 0 Å². The Balaban J connectivity index is 2.41. The fourth-order valence-electron chi connectivity index (χ4n) is 2.92. The minimum Gasteiger partial charge on any atom is -0.287 e. The maximum Gasteiger partial charge on any atom is 0.0550 e. The summed E-state index contributed by atoms with van der Waals surface area (Å²) in [5.41, 5.74) is 0. The highest BCUT2D eigenvalue weighted by molar-refractivity contribution is 7.87. The topological polar surface area (TPSA) is 12.4 Å². The van der Waals surface area contributed by atoms with Crippen molar-refractivity contribution < 1.29 is 0 Å². The van der Waals surface area contributed by atoms with E-state index in [1.165, 1.54) is 15.9 Å². The lowest BCUT2D eigenvalue weighted by Gasteiger charge is -2.28. The molecule has 0 saturated heterocycles. The Labute approximate surface area is 139 Å². The summed E-state index contributed by atoms with van der Waals surface area (Å²) in [6, 6.07) is 32.5. The van der Waals surface area contributed by atoms with Crippen molar-refractivity contribution in [1.82, 2.24) is 0 Å². The molecule has 2 heteroatoms. The molecule has 23 heavy (non-hydrogen) atoms. The van der Waals surface area contributed by atoms with Gasteiger partial charge in [0, 0.05) is 22.0 Å². The van der Waals surface area contributed by atoms with Crippen molar-refractivity contribution in [1.29, 1.82) is 0 Å². The second-order valence-corrected chi connectivity index (χ2v) is 8.90. The zero-order valence-corrected chi connectivity index (χ0v) is 14.5. The number of hydrogen-bond donors (Lipinski definition) is 0. The van der Waals surface area contributed by atoms with Crippen LogP contribution in [-0.4, -0.2) is 6.04 Å². The van der Waals surface area contributed by atoms with Crippen LogP contribution in [0.3, 0.4) is 0 Å². The van der Waals surface area contributed by atoms with Crippen molar-refractivity contribution in [3.05, 3.63) is 91.0 Å². The third-order valence-corrected chi connectivity index (χ3v) is 7.74. The summed E-state index contributed by atoms with van der Waals surface area (Å²) < 4.78 is 5.33. The first-order valence-electron chi connectivity index (χ1n) is 8.02. The van der Waals surface area contributed by atoms with E-state index in [1.807, 2.05) is 0 Å². The van der Waals surface area contributed by atoms with Crippen LogP contribution in [0.4, 0.5) is 0 Å². The maximum absolute atomic E-state index is 5.33. The van der Waals surface area contributed by atoms with E-state index in [4.69, 9.17) is 4.74 Å². The third kappa shape index (κ3) is 3.16. The molecule has 3 aromatic carbocycles. The average molecular weight is 319 g/mol. The van der Waals surface area contributed by atoms with Gasteiger partial charge in [-0.15, -0.1) is 0 Å². The molecule has 3 rings (SSSR count). The van der Waals surface area contributed by atoms with E-state index in [-0.39, 0.29) is 6.04 Å². The molecule has 0 aliphatic heterocycles. The molecule has 0 atom stereocenters. The molecule has 0 heterocycles. The minimum absolute atomic E-state index is 0.268. The van der Waals surface area contributed by atoms with E-state index in [0.29, 0.717) is 0 Å². The Morgan fingerprint density at radius 3 is 1.13 bits per heavy atom. The van der Waals surface area contributed by atoms with Crippen molar-refractivity contribution in [3.63, 3.8) is 0 Å². The monoisotopic (exact) mass is 319 g/mol. The van der Waals surface area contributed by atoms with Gasteiger partial charge in [-0.3, -0.25) is 4.74 Å². The van der Waals surface area contributed by atoms with Gasteiger partial charge in [0.15, 0.2) is 0 Å². The lowest BCUT2D eigenvalue weighted by molar-refractivity contribution is 0.848. The molecule has 0 saturated carbocycles. The average Bonchev–Trinajstić information content (AvgIpc) is 2.62. The molecule has 0 aliphatic rings. The maximum atomic E-state index is 5.33. The van der Waals surface area contributed by atoms with Crippen LogP contribution in [0.15, 0.2) is 95.7 Å². The Morgan fingerprint density at radius 1 is 0.565 bits per heavy atom. The predicted molar refractivity (Wildman–Crippen MR) is 103 cm³/mol. The molecule has 0 N–H and O–H groups in total. The molecular weight excluding hydrogens is 297 g/mol. The van der Waals surface area contributed by atoms with Crippen LogP contribution in [0.1, 0.15) is 13.8 Å². The van der Waals surface area contributed by atoms with Gasteiger partial charge in [-0.2, -0.15) is 0 Å². The first-order chi connectivity index (χ1) is 11.2. The number of hydrogen-bond acceptors (Lipinski definition) is 1. The van der Waals surface area contributed by atoms with Crippen molar-refractivity contribution in [2.45, 2.75) is 19.9 Å². The summed E-state index contributed by atoms with van der Waals surface area (Å²) in [5.74, 6) is 0. The highest BCUT2D eigenvalue weighted by Crippen LogP contribution is 2.46. The van der Waals surface area contributed by atoms with Gasteiger partial charge < -0.3 is 0 Å². The zero-order chi connectivity index (χ0) is 16.1. The Bertz CT molecular complexity index is 690. The Kier molecular flexibility index (Phi) is 4.79. The zero-order valence-electron chi connectivity index (χ0n) is 13.6. The fourth-order valence-corrected chi connectivity index (χ4v) is 6.72. The normalized spacial score (nSPS) is 11.4. The quantitative estimate of drug-likeness (QED) is 0.625. The molecule has 0 amide bonds. The van der Waals surface area contributed by atoms with Crippen LogP contribution in [-0.2, 0) is 0 Å². The van der Waals surface area contributed by atoms with Crippen molar-refractivity contribution in [2.24, 2.45) is 4.74 Å². The van der Waals surface area contributed by atoms with Gasteiger partial charge in [-0.1, -0.05) is 91.0 Å². The smallest absolute Gasteiger partial charge is 0.0550 e. The highest BCUT2D eigenvalue weighted by atomic mass is 31.2. The number of nitrogens with zero attached hydrogens (tertiary/aromatic N) is 1. The predicted octanol–water partition coefficient (Wildman–Crippen LogP) is 4.57. The van der Waals surface area contributed by atoms with Crippen LogP contribution < -0.4 is 15.9 Å². The summed E-state index contributed by atoms with van der Waals surface area (Å²) in [6.07, 6.45) is 0. The highest BCUT2D eigenvalue weighted by Gasteiger charge is 2.27. The van der Waals surface area contributed by atoms with Gasteiger partial charge in [0.05, 0.1) is 7.05 Å². The molecule has 0 spiro atoms. The second-order valence-electron chi connectivity index (χ2n) is 5.85. The summed E-state index contributed by atoms with van der Waals surface area (Å²) in [4.78, 5) is 0. The van der Waals surface area contributed by atoms with Crippen molar-refractivity contribution in [3.8, 4) is 0 Å². The van der Waals surface area contributed by atoms with E-state index in [9.17, 15) is 0 Å².